The molecule has 3 aromatic rings. The molecule has 0 atom stereocenters. The molecule has 1 N–H and O–H groups in total. The third-order valence-electron chi connectivity index (χ3n) is 4.78. The van der Waals surface area contributed by atoms with Gasteiger partial charge in [-0.15, -0.1) is 0 Å². The van der Waals surface area contributed by atoms with Gasteiger partial charge in [-0.2, -0.15) is 4.98 Å². The van der Waals surface area contributed by atoms with E-state index in [1.807, 2.05) is 29.2 Å². The molecule has 1 amide bonds. The predicted molar refractivity (Wildman–Crippen MR) is 98.8 cm³/mol. The minimum absolute atomic E-state index is 0.0354. The second-order valence-corrected chi connectivity index (χ2v) is 6.49. The molecular weight excluding hydrogens is 350 g/mol. The third kappa shape index (κ3) is 3.23. The number of hydrogen-bond acceptors (Lipinski definition) is 6. The molecule has 27 heavy (non-hydrogen) atoms. The number of carbonyl (C=O) groups is 1. The summed E-state index contributed by atoms with van der Waals surface area (Å²) in [5, 5.41) is 0. The van der Waals surface area contributed by atoms with Gasteiger partial charge in [0.2, 0.25) is 5.91 Å². The molecule has 0 aliphatic carbocycles. The molecule has 0 spiro atoms. The van der Waals surface area contributed by atoms with Crippen molar-refractivity contribution in [3.8, 4) is 0 Å². The van der Waals surface area contributed by atoms with Crippen LogP contribution in [0.3, 0.4) is 0 Å². The van der Waals surface area contributed by atoms with Gasteiger partial charge >= 0.3 is 5.69 Å². The molecule has 9 heteroatoms. The van der Waals surface area contributed by atoms with Gasteiger partial charge in [0, 0.05) is 45.0 Å². The Morgan fingerprint density at radius 1 is 1.19 bits per heavy atom. The van der Waals surface area contributed by atoms with Gasteiger partial charge in [-0.25, -0.2) is 4.79 Å². The summed E-state index contributed by atoms with van der Waals surface area (Å²) in [6, 6.07) is 8.13. The van der Waals surface area contributed by atoms with Crippen LogP contribution in [0.4, 0.5) is 6.01 Å². The molecule has 1 aliphatic heterocycles. The van der Waals surface area contributed by atoms with E-state index in [2.05, 4.69) is 9.97 Å². The molecule has 0 saturated carbocycles. The maximum absolute atomic E-state index is 12.5. The van der Waals surface area contributed by atoms with Crippen LogP contribution in [0, 0.1) is 0 Å². The number of piperazine rings is 1. The summed E-state index contributed by atoms with van der Waals surface area (Å²) in [5.74, 6) is -0.142. The van der Waals surface area contributed by atoms with Crippen LogP contribution < -0.4 is 16.1 Å². The smallest absolute Gasteiger partial charge is 0.328 e. The molecule has 3 heterocycles. The van der Waals surface area contributed by atoms with Crippen LogP contribution in [0.25, 0.3) is 11.1 Å². The number of benzene rings is 1. The van der Waals surface area contributed by atoms with E-state index in [9.17, 15) is 14.4 Å². The molecule has 1 fully saturated rings. The number of H-pyrrole nitrogens is 1. The van der Waals surface area contributed by atoms with Crippen molar-refractivity contribution in [2.45, 2.75) is 6.42 Å². The van der Waals surface area contributed by atoms with Crippen LogP contribution in [0.15, 0.2) is 44.5 Å². The Balaban J connectivity index is 1.41. The Morgan fingerprint density at radius 3 is 2.67 bits per heavy atom. The summed E-state index contributed by atoms with van der Waals surface area (Å²) >= 11 is 0. The number of nitrogens with one attached hydrogen (secondary N) is 1. The van der Waals surface area contributed by atoms with E-state index in [1.165, 1.54) is 13.2 Å². The number of amides is 1. The number of carbonyl (C=O) groups excluding carboxylic acids is 1. The van der Waals surface area contributed by atoms with Gasteiger partial charge in [-0.3, -0.25) is 14.2 Å². The summed E-state index contributed by atoms with van der Waals surface area (Å²) in [6.07, 6.45) is 1.28. The molecule has 9 nitrogen and oxygen atoms in total. The van der Waals surface area contributed by atoms with Gasteiger partial charge in [0.25, 0.3) is 11.6 Å². The van der Waals surface area contributed by atoms with Crippen LogP contribution in [-0.2, 0) is 18.3 Å². The van der Waals surface area contributed by atoms with Crippen molar-refractivity contribution in [2.75, 3.05) is 31.1 Å². The first-order valence-corrected chi connectivity index (χ1v) is 8.69. The van der Waals surface area contributed by atoms with Crippen LogP contribution in [-0.4, -0.2) is 51.5 Å². The SMILES string of the molecule is Cn1c(=O)[nH]cc(CC(=O)N2CCN(c3nc4ccccc4o3)CC2)c1=O. The molecule has 0 bridgehead atoms. The minimum Gasteiger partial charge on any atom is -0.423 e. The van der Waals surface area contributed by atoms with E-state index in [0.29, 0.717) is 32.2 Å². The summed E-state index contributed by atoms with van der Waals surface area (Å²) in [5.41, 5.74) is 0.878. The van der Waals surface area contributed by atoms with Crippen molar-refractivity contribution in [1.29, 1.82) is 0 Å². The number of anilines is 1. The predicted octanol–water partition coefficient (Wildman–Crippen LogP) is 0.106. The van der Waals surface area contributed by atoms with E-state index >= 15 is 0 Å². The molecule has 4 rings (SSSR count). The second kappa shape index (κ2) is 6.75. The number of fused-ring (bicyclic) bond motifs is 1. The van der Waals surface area contributed by atoms with Crippen LogP contribution in [0.2, 0.25) is 0 Å². The molecule has 140 valence electrons. The molecular formula is C18H19N5O4. The average molecular weight is 369 g/mol. The summed E-state index contributed by atoms with van der Waals surface area (Å²) in [4.78, 5) is 46.7. The van der Waals surface area contributed by atoms with Crippen molar-refractivity contribution in [1.82, 2.24) is 19.4 Å². The molecule has 1 saturated heterocycles. The zero-order valence-electron chi connectivity index (χ0n) is 14.8. The van der Waals surface area contributed by atoms with Gasteiger partial charge in [0.05, 0.1) is 6.42 Å². The van der Waals surface area contributed by atoms with Crippen LogP contribution in [0.1, 0.15) is 5.56 Å². The molecule has 1 aliphatic rings. The first-order valence-electron chi connectivity index (χ1n) is 8.69. The average Bonchev–Trinajstić information content (AvgIpc) is 3.13. The van der Waals surface area contributed by atoms with Gasteiger partial charge in [-0.05, 0) is 12.1 Å². The number of para-hydroxylation sites is 2. The highest BCUT2D eigenvalue weighted by atomic mass is 16.4. The molecule has 1 aromatic carbocycles. The number of hydrogen-bond donors (Lipinski definition) is 1. The van der Waals surface area contributed by atoms with Crippen molar-refractivity contribution >= 4 is 23.0 Å². The number of aromatic amines is 1. The van der Waals surface area contributed by atoms with Crippen LogP contribution in [0.5, 0.6) is 0 Å². The maximum atomic E-state index is 12.5. The monoisotopic (exact) mass is 369 g/mol. The second-order valence-electron chi connectivity index (χ2n) is 6.49. The first-order chi connectivity index (χ1) is 13.0. The van der Waals surface area contributed by atoms with E-state index in [0.717, 1.165) is 15.7 Å². The van der Waals surface area contributed by atoms with Gasteiger partial charge < -0.3 is 19.2 Å². The normalized spacial score (nSPS) is 14.7. The summed E-state index contributed by atoms with van der Waals surface area (Å²) < 4.78 is 6.74. The molecule has 0 radical (unpaired) electrons. The molecule has 0 unspecified atom stereocenters. The number of rotatable bonds is 3. The number of aromatic nitrogens is 3. The lowest BCUT2D eigenvalue weighted by atomic mass is 10.2. The lowest BCUT2D eigenvalue weighted by Gasteiger charge is -2.33. The molecule has 2 aromatic heterocycles. The van der Waals surface area contributed by atoms with Crippen molar-refractivity contribution in [3.05, 3.63) is 56.9 Å². The Kier molecular flexibility index (Phi) is 4.27. The van der Waals surface area contributed by atoms with Crippen molar-refractivity contribution in [2.24, 2.45) is 7.05 Å². The lowest BCUT2D eigenvalue weighted by Crippen LogP contribution is -2.49. The first kappa shape index (κ1) is 17.1. The third-order valence-corrected chi connectivity index (χ3v) is 4.78. The zero-order chi connectivity index (χ0) is 19.0. The van der Waals surface area contributed by atoms with Crippen molar-refractivity contribution < 1.29 is 9.21 Å². The topological polar surface area (TPSA) is 104 Å². The van der Waals surface area contributed by atoms with E-state index < -0.39 is 11.2 Å². The maximum Gasteiger partial charge on any atom is 0.328 e. The number of oxazole rings is 1. The fourth-order valence-corrected chi connectivity index (χ4v) is 3.16. The summed E-state index contributed by atoms with van der Waals surface area (Å²) in [7, 11) is 1.38. The minimum atomic E-state index is -0.497. The fraction of sp³-hybridized carbons (Fsp3) is 0.333. The van der Waals surface area contributed by atoms with E-state index in [-0.39, 0.29) is 17.9 Å². The fourth-order valence-electron chi connectivity index (χ4n) is 3.16. The summed E-state index contributed by atoms with van der Waals surface area (Å²) in [6.45, 7) is 2.23. The quantitative estimate of drug-likeness (QED) is 0.702. The van der Waals surface area contributed by atoms with Crippen LogP contribution >= 0.6 is 0 Å². The Labute approximate surface area is 153 Å². The van der Waals surface area contributed by atoms with Gasteiger partial charge in [0.15, 0.2) is 5.58 Å². The Bertz CT molecular complexity index is 1070. The largest absolute Gasteiger partial charge is 0.423 e. The van der Waals surface area contributed by atoms with E-state index in [1.54, 1.807) is 4.90 Å². The van der Waals surface area contributed by atoms with Gasteiger partial charge in [-0.1, -0.05) is 12.1 Å². The highest BCUT2D eigenvalue weighted by Crippen LogP contribution is 2.22. The Hall–Kier alpha value is -3.36. The lowest BCUT2D eigenvalue weighted by molar-refractivity contribution is -0.130. The highest BCUT2D eigenvalue weighted by Gasteiger charge is 2.24. The van der Waals surface area contributed by atoms with E-state index in [4.69, 9.17) is 4.42 Å². The number of nitrogens with zero attached hydrogens (tertiary/aromatic N) is 4. The van der Waals surface area contributed by atoms with Crippen molar-refractivity contribution in [3.63, 3.8) is 0 Å². The highest BCUT2D eigenvalue weighted by molar-refractivity contribution is 5.79. The standard InChI is InChI=1S/C18H19N5O4/c1-21-16(25)12(11-19-17(21)26)10-15(24)22-6-8-23(9-7-22)18-20-13-4-2-3-5-14(13)27-18/h2-5,11H,6-10H2,1H3,(H,19,26). The van der Waals surface area contributed by atoms with Gasteiger partial charge in [0.1, 0.15) is 5.52 Å². The Morgan fingerprint density at radius 2 is 1.93 bits per heavy atom. The zero-order valence-corrected chi connectivity index (χ0v) is 14.8.